The van der Waals surface area contributed by atoms with Crippen LogP contribution in [-0.2, 0) is 4.79 Å². The smallest absolute Gasteiger partial charge is 0.257 e. The number of rotatable bonds is 5. The SMILES string of the molecule is CCN(CC(=O)N(C)C)C(=O)c1cnn(-c2ccccc2Cl)c1. The van der Waals surface area contributed by atoms with Crippen molar-refractivity contribution in [1.29, 1.82) is 0 Å². The fraction of sp³-hybridized carbons (Fsp3) is 0.312. The molecule has 0 aliphatic heterocycles. The maximum Gasteiger partial charge on any atom is 0.257 e. The van der Waals surface area contributed by atoms with Crippen LogP contribution in [0.1, 0.15) is 17.3 Å². The average Bonchev–Trinajstić information content (AvgIpc) is 3.01. The van der Waals surface area contributed by atoms with E-state index in [0.29, 0.717) is 22.8 Å². The molecule has 0 fully saturated rings. The third-order valence-electron chi connectivity index (χ3n) is 3.42. The molecule has 0 aliphatic carbocycles. The molecule has 1 heterocycles. The Morgan fingerprint density at radius 3 is 2.57 bits per heavy atom. The monoisotopic (exact) mass is 334 g/mol. The van der Waals surface area contributed by atoms with Crippen molar-refractivity contribution in [2.24, 2.45) is 0 Å². The molecule has 7 heteroatoms. The van der Waals surface area contributed by atoms with Gasteiger partial charge in [-0.25, -0.2) is 4.68 Å². The lowest BCUT2D eigenvalue weighted by atomic mass is 10.3. The van der Waals surface area contributed by atoms with E-state index in [4.69, 9.17) is 11.6 Å². The Kier molecular flexibility index (Phi) is 5.39. The van der Waals surface area contributed by atoms with Crippen molar-refractivity contribution in [3.8, 4) is 5.69 Å². The molecule has 0 saturated heterocycles. The van der Waals surface area contributed by atoms with Gasteiger partial charge in [-0.05, 0) is 19.1 Å². The fourth-order valence-electron chi connectivity index (χ4n) is 2.02. The molecule has 2 rings (SSSR count). The summed E-state index contributed by atoms with van der Waals surface area (Å²) in [5.41, 5.74) is 1.11. The molecule has 0 saturated carbocycles. The topological polar surface area (TPSA) is 58.4 Å². The molecule has 1 aromatic carbocycles. The largest absolute Gasteiger partial charge is 0.347 e. The standard InChI is InChI=1S/C16H19ClN4O2/c1-4-20(11-15(22)19(2)3)16(23)12-9-18-21(10-12)14-8-6-5-7-13(14)17/h5-10H,4,11H2,1-3H3. The third-order valence-corrected chi connectivity index (χ3v) is 3.74. The molecule has 0 spiro atoms. The lowest BCUT2D eigenvalue weighted by Crippen LogP contribution is -2.40. The summed E-state index contributed by atoms with van der Waals surface area (Å²) in [6.45, 7) is 2.31. The van der Waals surface area contributed by atoms with Gasteiger partial charge in [0.25, 0.3) is 5.91 Å². The minimum absolute atomic E-state index is 0.0413. The summed E-state index contributed by atoms with van der Waals surface area (Å²) in [6.07, 6.45) is 3.10. The molecule has 0 radical (unpaired) electrons. The second-order valence-electron chi connectivity index (χ2n) is 5.23. The zero-order valence-electron chi connectivity index (χ0n) is 13.4. The molecule has 0 unspecified atom stereocenters. The van der Waals surface area contributed by atoms with Crippen LogP contribution >= 0.6 is 11.6 Å². The van der Waals surface area contributed by atoms with Crippen molar-refractivity contribution < 1.29 is 9.59 Å². The molecule has 2 amide bonds. The van der Waals surface area contributed by atoms with Gasteiger partial charge in [0, 0.05) is 26.8 Å². The van der Waals surface area contributed by atoms with Gasteiger partial charge < -0.3 is 9.80 Å². The molecule has 1 aromatic heterocycles. The van der Waals surface area contributed by atoms with Crippen molar-refractivity contribution in [1.82, 2.24) is 19.6 Å². The van der Waals surface area contributed by atoms with Crippen molar-refractivity contribution >= 4 is 23.4 Å². The minimum Gasteiger partial charge on any atom is -0.347 e. The maximum atomic E-state index is 12.5. The summed E-state index contributed by atoms with van der Waals surface area (Å²) in [5, 5.41) is 4.73. The quantitative estimate of drug-likeness (QED) is 0.841. The summed E-state index contributed by atoms with van der Waals surface area (Å²) in [7, 11) is 3.33. The van der Waals surface area contributed by atoms with Crippen LogP contribution in [0.3, 0.4) is 0 Å². The van der Waals surface area contributed by atoms with Crippen molar-refractivity contribution in [3.05, 3.63) is 47.2 Å². The predicted molar refractivity (Wildman–Crippen MR) is 88.8 cm³/mol. The van der Waals surface area contributed by atoms with E-state index in [-0.39, 0.29) is 18.4 Å². The number of hydrogen-bond donors (Lipinski definition) is 0. The highest BCUT2D eigenvalue weighted by molar-refractivity contribution is 6.32. The minimum atomic E-state index is -0.235. The van der Waals surface area contributed by atoms with Gasteiger partial charge in [0.2, 0.25) is 5.91 Å². The van der Waals surface area contributed by atoms with Crippen LogP contribution in [0.15, 0.2) is 36.7 Å². The van der Waals surface area contributed by atoms with Crippen LogP contribution < -0.4 is 0 Å². The van der Waals surface area contributed by atoms with Crippen molar-refractivity contribution in [3.63, 3.8) is 0 Å². The molecule has 122 valence electrons. The number of para-hydroxylation sites is 1. The summed E-state index contributed by atoms with van der Waals surface area (Å²) in [6, 6.07) is 7.25. The van der Waals surface area contributed by atoms with Crippen molar-refractivity contribution in [2.75, 3.05) is 27.2 Å². The van der Waals surface area contributed by atoms with E-state index >= 15 is 0 Å². The average molecular weight is 335 g/mol. The number of likely N-dealkylation sites (N-methyl/N-ethyl adjacent to an activating group) is 2. The number of halogens is 1. The van der Waals surface area contributed by atoms with E-state index in [1.807, 2.05) is 25.1 Å². The Balaban J connectivity index is 2.20. The van der Waals surface area contributed by atoms with Gasteiger partial charge in [-0.15, -0.1) is 0 Å². The number of aromatic nitrogens is 2. The number of amides is 2. The third kappa shape index (κ3) is 3.90. The Morgan fingerprint density at radius 1 is 1.26 bits per heavy atom. The Hall–Kier alpha value is -2.34. The number of hydrogen-bond acceptors (Lipinski definition) is 3. The molecule has 0 bridgehead atoms. The van der Waals surface area contributed by atoms with Gasteiger partial charge in [0.15, 0.2) is 0 Å². The Labute approximate surface area is 140 Å². The van der Waals surface area contributed by atoms with E-state index in [2.05, 4.69) is 5.10 Å². The van der Waals surface area contributed by atoms with Gasteiger partial charge >= 0.3 is 0 Å². The van der Waals surface area contributed by atoms with Crippen LogP contribution in [0.4, 0.5) is 0 Å². The first-order chi connectivity index (χ1) is 10.9. The first kappa shape index (κ1) is 17.0. The highest BCUT2D eigenvalue weighted by atomic mass is 35.5. The molecule has 0 aliphatic rings. The number of carbonyl (C=O) groups excluding carboxylic acids is 2. The van der Waals surface area contributed by atoms with E-state index in [1.165, 1.54) is 16.0 Å². The van der Waals surface area contributed by atoms with Gasteiger partial charge in [-0.1, -0.05) is 23.7 Å². The van der Waals surface area contributed by atoms with Gasteiger partial charge in [0.1, 0.15) is 0 Å². The van der Waals surface area contributed by atoms with E-state index in [9.17, 15) is 9.59 Å². The highest BCUT2D eigenvalue weighted by Crippen LogP contribution is 2.19. The zero-order valence-corrected chi connectivity index (χ0v) is 14.1. The van der Waals surface area contributed by atoms with E-state index in [0.717, 1.165) is 0 Å². The van der Waals surface area contributed by atoms with Crippen LogP contribution in [0.5, 0.6) is 0 Å². The lowest BCUT2D eigenvalue weighted by molar-refractivity contribution is -0.129. The summed E-state index contributed by atoms with van der Waals surface area (Å²) >= 11 is 6.13. The Bertz CT molecular complexity index is 712. The second-order valence-corrected chi connectivity index (χ2v) is 5.64. The molecule has 6 nitrogen and oxygen atoms in total. The zero-order chi connectivity index (χ0) is 17.0. The van der Waals surface area contributed by atoms with Gasteiger partial charge in [0.05, 0.1) is 29.0 Å². The fourth-order valence-corrected chi connectivity index (χ4v) is 2.24. The number of carbonyl (C=O) groups is 2. The molecule has 0 N–H and O–H groups in total. The Morgan fingerprint density at radius 2 is 1.96 bits per heavy atom. The second kappa shape index (κ2) is 7.28. The molecular formula is C16H19ClN4O2. The predicted octanol–water partition coefficient (Wildman–Crippen LogP) is 2.08. The number of benzene rings is 1. The molecule has 0 atom stereocenters. The van der Waals surface area contributed by atoms with Crippen LogP contribution in [0.25, 0.3) is 5.69 Å². The van der Waals surface area contributed by atoms with Gasteiger partial charge in [-0.2, -0.15) is 5.10 Å². The first-order valence-electron chi connectivity index (χ1n) is 7.23. The van der Waals surface area contributed by atoms with E-state index in [1.54, 1.807) is 31.0 Å². The summed E-state index contributed by atoms with van der Waals surface area (Å²) in [4.78, 5) is 27.3. The van der Waals surface area contributed by atoms with Crippen LogP contribution in [0, 0.1) is 0 Å². The molecule has 23 heavy (non-hydrogen) atoms. The lowest BCUT2D eigenvalue weighted by Gasteiger charge is -2.21. The highest BCUT2D eigenvalue weighted by Gasteiger charge is 2.20. The summed E-state index contributed by atoms with van der Waals surface area (Å²) < 4.78 is 1.55. The normalized spacial score (nSPS) is 10.4. The van der Waals surface area contributed by atoms with Gasteiger partial charge in [-0.3, -0.25) is 9.59 Å². The number of nitrogens with zero attached hydrogens (tertiary/aromatic N) is 4. The first-order valence-corrected chi connectivity index (χ1v) is 7.60. The van der Waals surface area contributed by atoms with E-state index < -0.39 is 0 Å². The van der Waals surface area contributed by atoms with Crippen molar-refractivity contribution in [2.45, 2.75) is 6.92 Å². The maximum absolute atomic E-state index is 12.5. The molecule has 2 aromatic rings. The van der Waals surface area contributed by atoms with Crippen LogP contribution in [0.2, 0.25) is 5.02 Å². The summed E-state index contributed by atoms with van der Waals surface area (Å²) in [5.74, 6) is -0.361. The molecular weight excluding hydrogens is 316 g/mol. The van der Waals surface area contributed by atoms with Crippen LogP contribution in [-0.4, -0.2) is 58.6 Å².